The minimum atomic E-state index is -0.0877. The molecular weight excluding hydrogens is 410 g/mol. The van der Waals surface area contributed by atoms with Crippen molar-refractivity contribution >= 4 is 40.3 Å². The summed E-state index contributed by atoms with van der Waals surface area (Å²) < 4.78 is 3.35. The van der Waals surface area contributed by atoms with Crippen LogP contribution in [0, 0.1) is 10.8 Å². The Bertz CT molecular complexity index is 1340. The van der Waals surface area contributed by atoms with Crippen molar-refractivity contribution in [3.05, 3.63) is 65.5 Å². The fourth-order valence-electron chi connectivity index (χ4n) is 3.46. The maximum atomic E-state index is 8.28. The number of hydrogen-bond acceptors (Lipinski definition) is 5. The highest BCUT2D eigenvalue weighted by molar-refractivity contribution is 6.31. The Labute approximate surface area is 185 Å². The van der Waals surface area contributed by atoms with Crippen molar-refractivity contribution < 1.29 is 0 Å². The Morgan fingerprint density at radius 3 is 2.55 bits per heavy atom. The summed E-state index contributed by atoms with van der Waals surface area (Å²) in [5.41, 5.74) is 3.54. The summed E-state index contributed by atoms with van der Waals surface area (Å²) in [6.07, 6.45) is 4.99. The Hall–Kier alpha value is -3.45. The number of anilines is 2. The number of benzene rings is 2. The zero-order valence-electron chi connectivity index (χ0n) is 17.9. The second-order valence-corrected chi connectivity index (χ2v) is 8.81. The average Bonchev–Trinajstić information content (AvgIpc) is 3.24. The Kier molecular flexibility index (Phi) is 5.15. The van der Waals surface area contributed by atoms with Crippen LogP contribution in [0.15, 0.2) is 54.9 Å². The van der Waals surface area contributed by atoms with Crippen molar-refractivity contribution in [1.29, 1.82) is 10.8 Å². The third-order valence-electron chi connectivity index (χ3n) is 5.18. The van der Waals surface area contributed by atoms with E-state index in [-0.39, 0.29) is 11.2 Å². The molecule has 0 bridgehead atoms. The smallest absolute Gasteiger partial charge is 0.229 e. The van der Waals surface area contributed by atoms with Gasteiger partial charge in [-0.1, -0.05) is 23.7 Å². The van der Waals surface area contributed by atoms with Crippen molar-refractivity contribution in [2.75, 3.05) is 11.9 Å². The average molecular weight is 434 g/mol. The van der Waals surface area contributed by atoms with Crippen LogP contribution >= 0.6 is 11.6 Å². The summed E-state index contributed by atoms with van der Waals surface area (Å²) >= 11 is 6.18. The maximum Gasteiger partial charge on any atom is 0.229 e. The van der Waals surface area contributed by atoms with Gasteiger partial charge in [-0.2, -0.15) is 10.1 Å². The summed E-state index contributed by atoms with van der Waals surface area (Å²) in [6, 6.07) is 13.5. The summed E-state index contributed by atoms with van der Waals surface area (Å²) in [5.74, 6) is 0.623. The number of rotatable bonds is 4. The van der Waals surface area contributed by atoms with E-state index in [1.165, 1.54) is 4.57 Å². The van der Waals surface area contributed by atoms with Gasteiger partial charge < -0.3 is 4.90 Å². The fourth-order valence-corrected chi connectivity index (χ4v) is 3.63. The van der Waals surface area contributed by atoms with Gasteiger partial charge in [0, 0.05) is 34.9 Å². The molecule has 2 heterocycles. The van der Waals surface area contributed by atoms with E-state index in [9.17, 15) is 0 Å². The van der Waals surface area contributed by atoms with Gasteiger partial charge in [0.15, 0.2) is 0 Å². The number of nitrogens with one attached hydrogen (secondary N) is 2. The lowest BCUT2D eigenvalue weighted by Crippen LogP contribution is -2.26. The number of aromatic nitrogens is 4. The first-order valence-electron chi connectivity index (χ1n) is 9.85. The normalized spacial score (nSPS) is 11.6. The molecule has 0 radical (unpaired) electrons. The second kappa shape index (κ2) is 7.67. The number of halogens is 1. The van der Waals surface area contributed by atoms with Crippen molar-refractivity contribution in [2.45, 2.75) is 26.3 Å². The van der Waals surface area contributed by atoms with E-state index in [0.717, 1.165) is 28.5 Å². The Morgan fingerprint density at radius 2 is 1.87 bits per heavy atom. The first-order valence-corrected chi connectivity index (χ1v) is 10.2. The molecule has 2 aromatic carbocycles. The third-order valence-corrected chi connectivity index (χ3v) is 5.42. The van der Waals surface area contributed by atoms with Gasteiger partial charge in [-0.15, -0.1) is 0 Å². The van der Waals surface area contributed by atoms with Crippen LogP contribution in [-0.4, -0.2) is 32.7 Å². The van der Waals surface area contributed by atoms with Crippen LogP contribution in [0.2, 0.25) is 5.02 Å². The molecule has 4 rings (SSSR count). The molecule has 0 fully saturated rings. The quantitative estimate of drug-likeness (QED) is 0.350. The second-order valence-electron chi connectivity index (χ2n) is 8.37. The number of nitrogens with zero attached hydrogens (tertiary/aromatic N) is 5. The molecular formula is C23H24ClN7. The highest BCUT2D eigenvalue weighted by atomic mass is 35.5. The minimum absolute atomic E-state index is 0.0331. The molecule has 31 heavy (non-hydrogen) atoms. The maximum absolute atomic E-state index is 8.28. The van der Waals surface area contributed by atoms with Crippen LogP contribution < -0.4 is 10.5 Å². The zero-order chi connectivity index (χ0) is 22.3. The highest BCUT2D eigenvalue weighted by Gasteiger charge is 2.17. The fraction of sp³-hybridized carbons (Fsp3) is 0.217. The van der Waals surface area contributed by atoms with E-state index in [1.54, 1.807) is 12.1 Å². The molecule has 0 aliphatic carbocycles. The van der Waals surface area contributed by atoms with E-state index in [4.69, 9.17) is 22.4 Å². The van der Waals surface area contributed by atoms with Crippen LogP contribution in [0.5, 0.6) is 0 Å². The summed E-state index contributed by atoms with van der Waals surface area (Å²) in [5, 5.41) is 21.8. The third kappa shape index (κ3) is 3.84. The highest BCUT2D eigenvalue weighted by Crippen LogP contribution is 2.32. The molecule has 0 saturated carbocycles. The van der Waals surface area contributed by atoms with E-state index in [2.05, 4.69) is 43.0 Å². The molecule has 0 aliphatic rings. The van der Waals surface area contributed by atoms with Gasteiger partial charge in [0.25, 0.3) is 0 Å². The predicted molar refractivity (Wildman–Crippen MR) is 126 cm³/mol. The van der Waals surface area contributed by atoms with Crippen LogP contribution in [-0.2, 0) is 5.54 Å². The van der Waals surface area contributed by atoms with Crippen molar-refractivity contribution in [3.63, 3.8) is 0 Å². The van der Waals surface area contributed by atoms with E-state index in [0.29, 0.717) is 16.4 Å². The van der Waals surface area contributed by atoms with Gasteiger partial charge >= 0.3 is 0 Å². The summed E-state index contributed by atoms with van der Waals surface area (Å²) in [4.78, 5) is 6.41. The van der Waals surface area contributed by atoms with E-state index >= 15 is 0 Å². The molecule has 0 saturated heterocycles. The minimum Gasteiger partial charge on any atom is -0.329 e. The first kappa shape index (κ1) is 20.8. The van der Waals surface area contributed by atoms with E-state index in [1.807, 2.05) is 47.2 Å². The standard InChI is InChI=1S/C23H24ClN7/c1-23(2,3)31-13-16(12-27-31)15-6-5-7-18(10-15)29(4)21-19-9-8-17(24)11-20(19)30(14-25)22(26)28-21/h5-14,25-26H,1-4H3. The Balaban J connectivity index is 1.81. The zero-order valence-corrected chi connectivity index (χ0v) is 18.6. The molecule has 158 valence electrons. The Morgan fingerprint density at radius 1 is 1.10 bits per heavy atom. The molecule has 0 spiro atoms. The molecule has 2 aromatic heterocycles. The number of hydrogen-bond donors (Lipinski definition) is 2. The summed E-state index contributed by atoms with van der Waals surface area (Å²) in [7, 11) is 1.92. The number of fused-ring (bicyclic) bond motifs is 1. The lowest BCUT2D eigenvalue weighted by molar-refractivity contribution is 0.355. The molecule has 0 unspecified atom stereocenters. The van der Waals surface area contributed by atoms with E-state index < -0.39 is 0 Å². The molecule has 7 nitrogen and oxygen atoms in total. The van der Waals surface area contributed by atoms with Crippen LogP contribution in [0.1, 0.15) is 20.8 Å². The largest absolute Gasteiger partial charge is 0.329 e. The summed E-state index contributed by atoms with van der Waals surface area (Å²) in [6.45, 7) is 6.35. The molecule has 2 N–H and O–H groups in total. The van der Waals surface area contributed by atoms with Gasteiger partial charge in [0.1, 0.15) is 5.82 Å². The topological polar surface area (TPSA) is 86.6 Å². The SMILES string of the molecule is CN(c1cccc(-c2cnn(C(C)(C)C)c2)c1)c1nc(=N)n(C=N)c2cc(Cl)ccc12. The molecule has 8 heteroatoms. The van der Waals surface area contributed by atoms with Gasteiger partial charge in [0.2, 0.25) is 5.62 Å². The predicted octanol–water partition coefficient (Wildman–Crippen LogP) is 5.01. The van der Waals surface area contributed by atoms with Crippen LogP contribution in [0.4, 0.5) is 11.5 Å². The molecule has 4 aromatic rings. The van der Waals surface area contributed by atoms with Crippen molar-refractivity contribution in [2.24, 2.45) is 0 Å². The lowest BCUT2D eigenvalue weighted by Gasteiger charge is -2.22. The molecule has 0 aliphatic heterocycles. The van der Waals surface area contributed by atoms with Gasteiger partial charge in [0.05, 0.1) is 23.6 Å². The molecule has 0 amide bonds. The molecule has 0 atom stereocenters. The van der Waals surface area contributed by atoms with Crippen LogP contribution in [0.25, 0.3) is 22.0 Å². The van der Waals surface area contributed by atoms with Crippen molar-refractivity contribution in [1.82, 2.24) is 19.3 Å². The van der Waals surface area contributed by atoms with Gasteiger partial charge in [-0.25, -0.2) is 0 Å². The van der Waals surface area contributed by atoms with Gasteiger partial charge in [-0.3, -0.25) is 20.1 Å². The first-order chi connectivity index (χ1) is 14.7. The van der Waals surface area contributed by atoms with Crippen LogP contribution in [0.3, 0.4) is 0 Å². The van der Waals surface area contributed by atoms with Gasteiger partial charge in [-0.05, 0) is 56.7 Å². The monoisotopic (exact) mass is 433 g/mol. The lowest BCUT2D eigenvalue weighted by atomic mass is 10.1. The van der Waals surface area contributed by atoms with Crippen molar-refractivity contribution in [3.8, 4) is 11.1 Å².